The van der Waals surface area contributed by atoms with Crippen molar-refractivity contribution in [3.63, 3.8) is 0 Å². The van der Waals surface area contributed by atoms with Gasteiger partial charge in [-0.15, -0.1) is 0 Å². The molecule has 30 heavy (non-hydrogen) atoms. The van der Waals surface area contributed by atoms with E-state index >= 15 is 0 Å². The number of benzene rings is 1. The number of carbonyl (C=O) groups is 1. The van der Waals surface area contributed by atoms with E-state index < -0.39 is 17.2 Å². The molecule has 1 aromatic carbocycles. The largest absolute Gasteiger partial charge is 0.444 e. The molecule has 0 unspecified atom stereocenters. The molecular weight excluding hydrogens is 380 g/mol. The topological polar surface area (TPSA) is 92.6 Å². The zero-order chi connectivity index (χ0) is 22.2. The van der Waals surface area contributed by atoms with Crippen LogP contribution in [0.3, 0.4) is 0 Å². The summed E-state index contributed by atoms with van der Waals surface area (Å²) in [5, 5.41) is 13.8. The average Bonchev–Trinajstić information content (AvgIpc) is 3.12. The van der Waals surface area contributed by atoms with Crippen LogP contribution in [0.15, 0.2) is 47.7 Å². The maximum atomic E-state index is 12.0. The maximum absolute atomic E-state index is 12.0. The van der Waals surface area contributed by atoms with Crippen molar-refractivity contribution < 1.29 is 9.53 Å². The van der Waals surface area contributed by atoms with Gasteiger partial charge >= 0.3 is 6.09 Å². The molecule has 0 saturated heterocycles. The minimum atomic E-state index is -0.528. The number of carbonyl (C=O) groups excluding carboxylic acids is 1. The van der Waals surface area contributed by atoms with E-state index in [0.29, 0.717) is 19.0 Å². The van der Waals surface area contributed by atoms with Crippen LogP contribution in [-0.4, -0.2) is 53.1 Å². The summed E-state index contributed by atoms with van der Waals surface area (Å²) in [4.78, 5) is 16.3. The molecule has 8 nitrogen and oxygen atoms in total. The van der Waals surface area contributed by atoms with Crippen molar-refractivity contribution in [2.75, 3.05) is 20.1 Å². The van der Waals surface area contributed by atoms with Crippen LogP contribution < -0.4 is 16.0 Å². The van der Waals surface area contributed by atoms with Gasteiger partial charge in [0.25, 0.3) is 0 Å². The second-order valence-corrected chi connectivity index (χ2v) is 8.74. The number of amides is 1. The highest BCUT2D eigenvalue weighted by molar-refractivity contribution is 5.79. The van der Waals surface area contributed by atoms with Crippen LogP contribution in [0.4, 0.5) is 4.79 Å². The molecular formula is C22H34N6O2. The highest BCUT2D eigenvalue weighted by Crippen LogP contribution is 2.09. The summed E-state index contributed by atoms with van der Waals surface area (Å²) in [6.07, 6.45) is 4.28. The molecule has 8 heteroatoms. The van der Waals surface area contributed by atoms with Gasteiger partial charge in [-0.25, -0.2) is 9.48 Å². The third-order valence-electron chi connectivity index (χ3n) is 4.12. The summed E-state index contributed by atoms with van der Waals surface area (Å²) < 4.78 is 7.19. The van der Waals surface area contributed by atoms with E-state index in [4.69, 9.17) is 4.74 Å². The van der Waals surface area contributed by atoms with E-state index in [0.717, 1.165) is 17.7 Å². The van der Waals surface area contributed by atoms with E-state index in [2.05, 4.69) is 26.0 Å². The Bertz CT molecular complexity index is 837. The number of aromatic nitrogens is 2. The van der Waals surface area contributed by atoms with Gasteiger partial charge in [0.05, 0.1) is 17.4 Å². The zero-order valence-corrected chi connectivity index (χ0v) is 18.8. The fraction of sp³-hybridized carbons (Fsp3) is 0.500. The molecule has 0 saturated carbocycles. The van der Waals surface area contributed by atoms with Crippen molar-refractivity contribution in [3.8, 4) is 5.69 Å². The lowest BCUT2D eigenvalue weighted by Crippen LogP contribution is -2.54. The van der Waals surface area contributed by atoms with Gasteiger partial charge in [0.2, 0.25) is 0 Å². The van der Waals surface area contributed by atoms with Crippen LogP contribution in [-0.2, 0) is 11.2 Å². The second kappa shape index (κ2) is 10.1. The van der Waals surface area contributed by atoms with Gasteiger partial charge in [0.15, 0.2) is 5.96 Å². The molecule has 1 amide bonds. The van der Waals surface area contributed by atoms with E-state index in [-0.39, 0.29) is 0 Å². The predicted octanol–water partition coefficient (Wildman–Crippen LogP) is 2.88. The Morgan fingerprint density at radius 2 is 1.83 bits per heavy atom. The van der Waals surface area contributed by atoms with Crippen LogP contribution in [0.5, 0.6) is 0 Å². The molecule has 0 aliphatic heterocycles. The number of alkyl carbamates (subject to hydrolysis) is 1. The third-order valence-corrected chi connectivity index (χ3v) is 4.12. The number of aliphatic imine (C=N–C) groups is 1. The van der Waals surface area contributed by atoms with Gasteiger partial charge in [0.1, 0.15) is 5.60 Å². The van der Waals surface area contributed by atoms with Crippen LogP contribution in [0.1, 0.15) is 40.2 Å². The van der Waals surface area contributed by atoms with Crippen LogP contribution in [0, 0.1) is 0 Å². The highest BCUT2D eigenvalue weighted by atomic mass is 16.6. The molecule has 0 bridgehead atoms. The number of guanidine groups is 1. The van der Waals surface area contributed by atoms with Crippen molar-refractivity contribution in [1.29, 1.82) is 0 Å². The molecule has 2 rings (SSSR count). The van der Waals surface area contributed by atoms with Gasteiger partial charge < -0.3 is 20.7 Å². The normalized spacial score (nSPS) is 12.4. The molecule has 3 N–H and O–H groups in total. The summed E-state index contributed by atoms with van der Waals surface area (Å²) in [5.74, 6) is 0.671. The minimum Gasteiger partial charge on any atom is -0.444 e. The first-order valence-electron chi connectivity index (χ1n) is 10.1. The average molecular weight is 415 g/mol. The maximum Gasteiger partial charge on any atom is 0.408 e. The number of nitrogens with zero attached hydrogens (tertiary/aromatic N) is 3. The molecule has 0 fully saturated rings. The fourth-order valence-corrected chi connectivity index (χ4v) is 2.69. The number of hydrogen-bond acceptors (Lipinski definition) is 4. The molecule has 2 aromatic rings. The van der Waals surface area contributed by atoms with Crippen molar-refractivity contribution >= 4 is 12.1 Å². The second-order valence-electron chi connectivity index (χ2n) is 8.74. The van der Waals surface area contributed by atoms with Crippen molar-refractivity contribution in [3.05, 3.63) is 48.3 Å². The standard InChI is InChI=1S/C22H34N6O2/c1-21(2,3)30-20(29)27-22(4,5)16-25-19(23-6)24-13-12-17-14-26-28(15-17)18-10-8-7-9-11-18/h7-11,14-15H,12-13,16H2,1-6H3,(H,27,29)(H2,23,24,25). The third kappa shape index (κ3) is 8.14. The lowest BCUT2D eigenvalue weighted by Gasteiger charge is -2.29. The minimum absolute atomic E-state index is 0.437. The molecule has 0 aliphatic rings. The monoisotopic (exact) mass is 414 g/mol. The summed E-state index contributed by atoms with van der Waals surface area (Å²) in [6, 6.07) is 10.0. The van der Waals surface area contributed by atoms with Gasteiger partial charge in [-0.1, -0.05) is 18.2 Å². The van der Waals surface area contributed by atoms with E-state index in [1.807, 2.05) is 82.0 Å². The van der Waals surface area contributed by atoms with Crippen molar-refractivity contribution in [2.24, 2.45) is 4.99 Å². The first-order valence-corrected chi connectivity index (χ1v) is 10.1. The Hall–Kier alpha value is -3.03. The Morgan fingerprint density at radius 1 is 1.13 bits per heavy atom. The van der Waals surface area contributed by atoms with E-state index in [9.17, 15) is 4.79 Å². The van der Waals surface area contributed by atoms with Gasteiger partial charge in [-0.3, -0.25) is 4.99 Å². The molecule has 0 aliphatic carbocycles. The SMILES string of the molecule is CN=C(NCCc1cnn(-c2ccccc2)c1)NCC(C)(C)NC(=O)OC(C)(C)C. The van der Waals surface area contributed by atoms with Gasteiger partial charge in [-0.2, -0.15) is 5.10 Å². The first-order chi connectivity index (χ1) is 14.1. The Morgan fingerprint density at radius 3 is 2.47 bits per heavy atom. The van der Waals surface area contributed by atoms with E-state index in [1.54, 1.807) is 7.05 Å². The Balaban J connectivity index is 1.77. The van der Waals surface area contributed by atoms with Gasteiger partial charge in [-0.05, 0) is 58.7 Å². The first kappa shape index (κ1) is 23.3. The van der Waals surface area contributed by atoms with Gasteiger partial charge in [0, 0.05) is 26.3 Å². The quantitative estimate of drug-likeness (QED) is 0.479. The zero-order valence-electron chi connectivity index (χ0n) is 18.8. The van der Waals surface area contributed by atoms with Crippen molar-refractivity contribution in [2.45, 2.75) is 52.2 Å². The molecule has 1 aromatic heterocycles. The molecule has 0 radical (unpaired) electrons. The number of rotatable bonds is 7. The number of nitrogens with one attached hydrogen (secondary N) is 3. The van der Waals surface area contributed by atoms with Crippen LogP contribution in [0.2, 0.25) is 0 Å². The predicted molar refractivity (Wildman–Crippen MR) is 120 cm³/mol. The molecule has 0 spiro atoms. The summed E-state index contributed by atoms with van der Waals surface area (Å²) >= 11 is 0. The Kier molecular flexibility index (Phi) is 7.86. The smallest absolute Gasteiger partial charge is 0.408 e. The van der Waals surface area contributed by atoms with Crippen LogP contribution >= 0.6 is 0 Å². The Labute approximate surface area is 179 Å². The lowest BCUT2D eigenvalue weighted by atomic mass is 10.1. The number of ether oxygens (including phenoxy) is 1. The molecule has 0 atom stereocenters. The molecule has 1 heterocycles. The number of hydrogen-bond donors (Lipinski definition) is 3. The highest BCUT2D eigenvalue weighted by Gasteiger charge is 2.24. The summed E-state index contributed by atoms with van der Waals surface area (Å²) in [6.45, 7) is 10.6. The van der Waals surface area contributed by atoms with Crippen molar-refractivity contribution in [1.82, 2.24) is 25.7 Å². The summed E-state index contributed by atoms with van der Waals surface area (Å²) in [5.41, 5.74) is 1.14. The number of para-hydroxylation sites is 1. The lowest BCUT2D eigenvalue weighted by molar-refractivity contribution is 0.0474. The summed E-state index contributed by atoms with van der Waals surface area (Å²) in [7, 11) is 1.72. The molecule has 164 valence electrons. The van der Waals surface area contributed by atoms with E-state index in [1.165, 1.54) is 0 Å². The van der Waals surface area contributed by atoms with Crippen LogP contribution in [0.25, 0.3) is 5.69 Å². The fourth-order valence-electron chi connectivity index (χ4n) is 2.69.